The smallest absolute Gasteiger partial charge is 0.194 e. The summed E-state index contributed by atoms with van der Waals surface area (Å²) < 4.78 is 64.6. The van der Waals surface area contributed by atoms with Gasteiger partial charge >= 0.3 is 0 Å². The molecule has 0 bridgehead atoms. The molecule has 4 N–H and O–H groups in total. The van der Waals surface area contributed by atoms with E-state index < -0.39 is 29.0 Å². The van der Waals surface area contributed by atoms with E-state index in [0.29, 0.717) is 12.3 Å². The fraction of sp³-hybridized carbons (Fsp3) is 0.333. The third-order valence-electron chi connectivity index (χ3n) is 5.53. The molecule has 1 saturated heterocycles. The highest BCUT2D eigenvalue weighted by Gasteiger charge is 2.36. The molecule has 1 aliphatic heterocycles. The van der Waals surface area contributed by atoms with E-state index in [0.717, 1.165) is 21.5 Å². The Bertz CT molecular complexity index is 1230. The van der Waals surface area contributed by atoms with Crippen LogP contribution in [0, 0.1) is 17.5 Å². The first-order valence-electron chi connectivity index (χ1n) is 11.4. The van der Waals surface area contributed by atoms with Gasteiger partial charge < -0.3 is 29.4 Å². The molecule has 1 aromatic carbocycles. The van der Waals surface area contributed by atoms with Gasteiger partial charge in [0.2, 0.25) is 0 Å². The topological polar surface area (TPSA) is 122 Å². The second-order valence-corrected chi connectivity index (χ2v) is 10.5. The van der Waals surface area contributed by atoms with Crippen LogP contribution in [0.15, 0.2) is 63.2 Å². The molecule has 0 radical (unpaired) electrons. The zero-order valence-electron chi connectivity index (χ0n) is 20.1. The predicted octanol–water partition coefficient (Wildman–Crippen LogP) is 4.19. The van der Waals surface area contributed by atoms with E-state index >= 15 is 0 Å². The first-order valence-corrected chi connectivity index (χ1v) is 13.0. The number of nitrogens with zero attached hydrogens (tertiary/aromatic N) is 3. The highest BCUT2D eigenvalue weighted by Crippen LogP contribution is 2.33. The fourth-order valence-corrected chi connectivity index (χ4v) is 5.04. The lowest BCUT2D eigenvalue weighted by Crippen LogP contribution is -2.50. The molecule has 1 fully saturated rings. The maximum absolute atomic E-state index is 13.7. The highest BCUT2D eigenvalue weighted by atomic mass is 79.9. The Balaban J connectivity index is 1.57. The molecule has 204 valence electrons. The quantitative estimate of drug-likeness (QED) is 0.101. The normalized spacial score (nSPS) is 19.2. The highest BCUT2D eigenvalue weighted by molar-refractivity contribution is 9.10. The minimum Gasteiger partial charge on any atom is -0.451 e. The Kier molecular flexibility index (Phi) is 9.68. The number of ether oxygens (including phenoxy) is 3. The van der Waals surface area contributed by atoms with Crippen LogP contribution in [0.3, 0.4) is 0 Å². The second-order valence-electron chi connectivity index (χ2n) is 8.40. The Labute approximate surface area is 229 Å². The van der Waals surface area contributed by atoms with Gasteiger partial charge in [-0.1, -0.05) is 11.8 Å². The summed E-state index contributed by atoms with van der Waals surface area (Å²) in [6.45, 7) is 2.47. The molecule has 0 amide bonds. The van der Waals surface area contributed by atoms with E-state index in [4.69, 9.17) is 30.2 Å². The van der Waals surface area contributed by atoms with Crippen molar-refractivity contribution in [2.45, 2.75) is 42.2 Å². The third kappa shape index (κ3) is 7.48. The summed E-state index contributed by atoms with van der Waals surface area (Å²) in [5, 5.41) is 1.21. The number of oxazole rings is 1. The van der Waals surface area contributed by atoms with Crippen molar-refractivity contribution in [2.75, 3.05) is 13.2 Å². The van der Waals surface area contributed by atoms with E-state index in [2.05, 4.69) is 25.9 Å². The molecule has 2 aromatic heterocycles. The molecule has 0 saturated carbocycles. The van der Waals surface area contributed by atoms with Crippen LogP contribution in [-0.2, 0) is 20.8 Å². The maximum Gasteiger partial charge on any atom is 0.194 e. The van der Waals surface area contributed by atoms with Crippen LogP contribution >= 0.6 is 27.7 Å². The summed E-state index contributed by atoms with van der Waals surface area (Å²) in [5.74, 6) is 1.91. The molecule has 3 aromatic rings. The number of nitrogens with two attached hydrogens (primary N) is 2. The third-order valence-corrected chi connectivity index (χ3v) is 7.11. The van der Waals surface area contributed by atoms with Gasteiger partial charge in [0.1, 0.15) is 29.6 Å². The summed E-state index contributed by atoms with van der Waals surface area (Å²) in [6, 6.07) is 3.46. The van der Waals surface area contributed by atoms with Crippen molar-refractivity contribution in [1.29, 1.82) is 0 Å². The lowest BCUT2D eigenvalue weighted by Gasteiger charge is -2.39. The summed E-state index contributed by atoms with van der Waals surface area (Å²) in [6.07, 6.45) is 6.42. The van der Waals surface area contributed by atoms with Gasteiger partial charge in [0.05, 0.1) is 31.6 Å². The number of hydrazine groups is 1. The molecule has 1 aliphatic rings. The minimum absolute atomic E-state index is 0.0474. The van der Waals surface area contributed by atoms with Crippen molar-refractivity contribution in [3.63, 3.8) is 0 Å². The largest absolute Gasteiger partial charge is 0.451 e. The molecular formula is C24H25BrF3N5O4S. The number of hydrogen-bond donors (Lipinski definition) is 2. The van der Waals surface area contributed by atoms with Crippen LogP contribution in [0.25, 0.3) is 5.70 Å². The van der Waals surface area contributed by atoms with Crippen LogP contribution in [0.5, 0.6) is 0 Å². The van der Waals surface area contributed by atoms with E-state index in [1.165, 1.54) is 35.6 Å². The molecule has 0 aliphatic carbocycles. The van der Waals surface area contributed by atoms with Gasteiger partial charge in [-0.25, -0.2) is 24.0 Å². The Morgan fingerprint density at radius 1 is 1.29 bits per heavy atom. The molecule has 14 heteroatoms. The standard InChI is InChI=1S/C24H25BrF3N5O4S/c1-13-22(11-35-13)37-24(38-17-4-15(25)5-31-6-17)21(36-10-16-9-34-12-32-16)8-33(30)7-20(29)14-2-18(26)23(28)19(27)3-14/h2-7,9,12-13,21-22,24H,8,10-11,29-30H2,1H3/b20-7-. The van der Waals surface area contributed by atoms with Crippen molar-refractivity contribution < 1.29 is 31.8 Å². The molecule has 4 unspecified atom stereocenters. The van der Waals surface area contributed by atoms with Crippen LogP contribution < -0.4 is 11.6 Å². The molecule has 4 rings (SSSR count). The SMILES string of the molecule is CC1OCC1OC(Sc1cncc(Br)c1)C(CN(N)/C=C(\N)c1cc(F)c(F)c(F)c1)OCc1cocn1. The lowest BCUT2D eigenvalue weighted by atomic mass is 10.1. The molecule has 3 heterocycles. The van der Waals surface area contributed by atoms with Crippen LogP contribution in [0.2, 0.25) is 0 Å². The number of benzene rings is 1. The van der Waals surface area contributed by atoms with Gasteiger partial charge in [0, 0.05) is 33.5 Å². The first kappa shape index (κ1) is 28.4. The van der Waals surface area contributed by atoms with E-state index in [1.54, 1.807) is 12.4 Å². The fourth-order valence-electron chi connectivity index (χ4n) is 3.43. The number of aromatic nitrogens is 2. The summed E-state index contributed by atoms with van der Waals surface area (Å²) in [7, 11) is 0. The number of thioether (sulfide) groups is 1. The van der Waals surface area contributed by atoms with Crippen molar-refractivity contribution >= 4 is 33.4 Å². The first-order chi connectivity index (χ1) is 18.2. The lowest BCUT2D eigenvalue weighted by molar-refractivity contribution is -0.201. The van der Waals surface area contributed by atoms with Crippen molar-refractivity contribution in [1.82, 2.24) is 15.0 Å². The van der Waals surface area contributed by atoms with E-state index in [-0.39, 0.29) is 36.6 Å². The Morgan fingerprint density at radius 2 is 2.05 bits per heavy atom. The molecule has 4 atom stereocenters. The molecule has 9 nitrogen and oxygen atoms in total. The molecule has 0 spiro atoms. The van der Waals surface area contributed by atoms with Crippen LogP contribution in [0.4, 0.5) is 13.2 Å². The molecular weight excluding hydrogens is 591 g/mol. The average Bonchev–Trinajstić information content (AvgIpc) is 3.40. The number of hydrogen-bond acceptors (Lipinski definition) is 10. The maximum atomic E-state index is 13.7. The van der Waals surface area contributed by atoms with Gasteiger partial charge in [-0.05, 0) is 41.1 Å². The average molecular weight is 616 g/mol. The zero-order chi connectivity index (χ0) is 27.2. The number of halogens is 4. The van der Waals surface area contributed by atoms with E-state index in [1.807, 2.05) is 13.0 Å². The van der Waals surface area contributed by atoms with Crippen LogP contribution in [0.1, 0.15) is 18.2 Å². The Morgan fingerprint density at radius 3 is 2.66 bits per heavy atom. The van der Waals surface area contributed by atoms with Crippen molar-refractivity contribution in [3.8, 4) is 0 Å². The number of rotatable bonds is 12. The Hall–Kier alpha value is -2.62. The minimum atomic E-state index is -1.58. The van der Waals surface area contributed by atoms with Crippen molar-refractivity contribution in [2.24, 2.45) is 11.6 Å². The van der Waals surface area contributed by atoms with Crippen LogP contribution in [-0.4, -0.2) is 51.9 Å². The zero-order valence-corrected chi connectivity index (χ0v) is 22.5. The van der Waals surface area contributed by atoms with Gasteiger partial charge in [-0.15, -0.1) is 0 Å². The molecule has 38 heavy (non-hydrogen) atoms. The van der Waals surface area contributed by atoms with Gasteiger partial charge in [-0.2, -0.15) is 0 Å². The van der Waals surface area contributed by atoms with Crippen molar-refractivity contribution in [3.05, 3.63) is 82.6 Å². The van der Waals surface area contributed by atoms with Gasteiger partial charge in [0.15, 0.2) is 23.8 Å². The van der Waals surface area contributed by atoms with E-state index in [9.17, 15) is 13.2 Å². The van der Waals surface area contributed by atoms with Gasteiger partial charge in [-0.3, -0.25) is 4.98 Å². The summed E-state index contributed by atoms with van der Waals surface area (Å²) >= 11 is 4.80. The van der Waals surface area contributed by atoms with Gasteiger partial charge in [0.25, 0.3) is 0 Å². The summed E-state index contributed by atoms with van der Waals surface area (Å²) in [4.78, 5) is 9.09. The summed E-state index contributed by atoms with van der Waals surface area (Å²) in [5.41, 5.74) is 5.83. The monoisotopic (exact) mass is 615 g/mol. The second kappa shape index (κ2) is 13.0. The number of pyridine rings is 1. The predicted molar refractivity (Wildman–Crippen MR) is 136 cm³/mol.